The molecule has 1 aromatic rings. The molecule has 6 nitrogen and oxygen atoms in total. The predicted molar refractivity (Wildman–Crippen MR) is 61.8 cm³/mol. The summed E-state index contributed by atoms with van der Waals surface area (Å²) < 4.78 is 5.00. The molecule has 0 bridgehead atoms. The van der Waals surface area contributed by atoms with E-state index >= 15 is 0 Å². The lowest BCUT2D eigenvalue weighted by Crippen LogP contribution is -2.19. The van der Waals surface area contributed by atoms with E-state index in [4.69, 9.17) is 15.4 Å². The molecule has 0 aliphatic carbocycles. The van der Waals surface area contributed by atoms with Crippen LogP contribution in [-0.4, -0.2) is 24.7 Å². The van der Waals surface area contributed by atoms with Crippen LogP contribution >= 0.6 is 0 Å². The second-order valence-corrected chi connectivity index (χ2v) is 3.50. The standard InChI is InChI=1S/C11H13N3O3/c1-17-10-4-2-8(3-5-10)6-9(11(15)16)7-13-14-12/h2-5,9H,6-7H2,1H3,(H,15,16)/t9-/m1/s1. The van der Waals surface area contributed by atoms with E-state index in [1.54, 1.807) is 31.4 Å². The lowest BCUT2D eigenvalue weighted by atomic mass is 9.99. The molecule has 0 amide bonds. The Labute approximate surface area is 98.5 Å². The van der Waals surface area contributed by atoms with Crippen LogP contribution in [0.5, 0.6) is 5.75 Å². The van der Waals surface area contributed by atoms with Crippen LogP contribution in [-0.2, 0) is 11.2 Å². The van der Waals surface area contributed by atoms with Crippen molar-refractivity contribution in [2.75, 3.05) is 13.7 Å². The van der Waals surface area contributed by atoms with Gasteiger partial charge in [-0.15, -0.1) is 0 Å². The average molecular weight is 235 g/mol. The van der Waals surface area contributed by atoms with E-state index in [1.807, 2.05) is 0 Å². The summed E-state index contributed by atoms with van der Waals surface area (Å²) in [5.74, 6) is -0.941. The van der Waals surface area contributed by atoms with Gasteiger partial charge in [-0.3, -0.25) is 4.79 Å². The SMILES string of the molecule is COc1ccc(C[C@H](CN=[N+]=[N-])C(=O)O)cc1. The number of carboxylic acid groups (broad SMARTS) is 1. The molecule has 0 saturated heterocycles. The molecule has 0 aliphatic rings. The highest BCUT2D eigenvalue weighted by molar-refractivity contribution is 5.70. The van der Waals surface area contributed by atoms with E-state index in [0.29, 0.717) is 6.42 Å². The molecule has 0 heterocycles. The number of benzene rings is 1. The van der Waals surface area contributed by atoms with E-state index in [2.05, 4.69) is 10.0 Å². The highest BCUT2D eigenvalue weighted by Gasteiger charge is 2.16. The van der Waals surface area contributed by atoms with Gasteiger partial charge in [0.2, 0.25) is 0 Å². The van der Waals surface area contributed by atoms with E-state index in [1.165, 1.54) is 0 Å². The van der Waals surface area contributed by atoms with Crippen molar-refractivity contribution in [3.63, 3.8) is 0 Å². The number of nitrogens with zero attached hydrogens (tertiary/aromatic N) is 3. The van der Waals surface area contributed by atoms with E-state index in [-0.39, 0.29) is 6.54 Å². The minimum atomic E-state index is -0.965. The van der Waals surface area contributed by atoms with Gasteiger partial charge in [-0.05, 0) is 29.6 Å². The van der Waals surface area contributed by atoms with Crippen molar-refractivity contribution in [2.45, 2.75) is 6.42 Å². The van der Waals surface area contributed by atoms with E-state index in [0.717, 1.165) is 11.3 Å². The van der Waals surface area contributed by atoms with E-state index < -0.39 is 11.9 Å². The van der Waals surface area contributed by atoms with Crippen molar-refractivity contribution >= 4 is 5.97 Å². The van der Waals surface area contributed by atoms with Crippen molar-refractivity contribution in [1.82, 2.24) is 0 Å². The summed E-state index contributed by atoms with van der Waals surface area (Å²) in [5.41, 5.74) is 9.05. The first-order valence-electron chi connectivity index (χ1n) is 5.04. The van der Waals surface area contributed by atoms with Crippen LogP contribution in [0, 0.1) is 5.92 Å². The summed E-state index contributed by atoms with van der Waals surface area (Å²) in [6, 6.07) is 7.12. The first-order chi connectivity index (χ1) is 8.17. The molecule has 6 heteroatoms. The van der Waals surface area contributed by atoms with Gasteiger partial charge in [-0.25, -0.2) is 0 Å². The van der Waals surface area contributed by atoms with Gasteiger partial charge in [0.25, 0.3) is 0 Å². The molecule has 1 N–H and O–H groups in total. The molecular formula is C11H13N3O3. The highest BCUT2D eigenvalue weighted by Crippen LogP contribution is 2.15. The number of ether oxygens (including phenoxy) is 1. The van der Waals surface area contributed by atoms with Crippen molar-refractivity contribution in [1.29, 1.82) is 0 Å². The molecule has 0 aliphatic heterocycles. The topological polar surface area (TPSA) is 95.3 Å². The first kappa shape index (κ1) is 12.9. The van der Waals surface area contributed by atoms with Gasteiger partial charge in [0.05, 0.1) is 13.0 Å². The summed E-state index contributed by atoms with van der Waals surface area (Å²) in [6.07, 6.45) is 0.332. The number of methoxy groups -OCH3 is 1. The number of hydrogen-bond acceptors (Lipinski definition) is 3. The van der Waals surface area contributed by atoms with Crippen LogP contribution in [0.3, 0.4) is 0 Å². The van der Waals surface area contributed by atoms with Crippen LogP contribution in [0.25, 0.3) is 10.4 Å². The highest BCUT2D eigenvalue weighted by atomic mass is 16.5. The summed E-state index contributed by atoms with van der Waals surface area (Å²) in [5, 5.41) is 12.3. The van der Waals surface area contributed by atoms with Gasteiger partial charge in [0.15, 0.2) is 0 Å². The normalized spacial score (nSPS) is 11.4. The molecule has 1 rings (SSSR count). The number of aliphatic carboxylic acids is 1. The van der Waals surface area contributed by atoms with Crippen molar-refractivity contribution in [3.8, 4) is 5.75 Å². The maximum atomic E-state index is 10.9. The van der Waals surface area contributed by atoms with Crippen LogP contribution in [0.15, 0.2) is 29.4 Å². The van der Waals surface area contributed by atoms with Gasteiger partial charge in [0, 0.05) is 11.5 Å². The Bertz CT molecular complexity index is 424. The predicted octanol–water partition coefficient (Wildman–Crippen LogP) is 2.25. The third-order valence-corrected chi connectivity index (χ3v) is 2.36. The molecule has 0 unspecified atom stereocenters. The maximum absolute atomic E-state index is 10.9. The second-order valence-electron chi connectivity index (χ2n) is 3.50. The first-order valence-corrected chi connectivity index (χ1v) is 5.04. The lowest BCUT2D eigenvalue weighted by Gasteiger charge is -2.09. The van der Waals surface area contributed by atoms with E-state index in [9.17, 15) is 4.79 Å². The number of azide groups is 1. The molecular weight excluding hydrogens is 222 g/mol. The zero-order chi connectivity index (χ0) is 12.7. The van der Waals surface area contributed by atoms with Gasteiger partial charge in [0.1, 0.15) is 5.75 Å². The number of hydrogen-bond donors (Lipinski definition) is 1. The summed E-state index contributed by atoms with van der Waals surface area (Å²) in [6.45, 7) is -0.0438. The monoisotopic (exact) mass is 235 g/mol. The maximum Gasteiger partial charge on any atom is 0.306 e. The molecule has 0 aromatic heterocycles. The average Bonchev–Trinajstić information content (AvgIpc) is 2.35. The molecule has 0 saturated carbocycles. The Kier molecular flexibility index (Phi) is 4.84. The van der Waals surface area contributed by atoms with Gasteiger partial charge in [-0.1, -0.05) is 17.2 Å². The zero-order valence-corrected chi connectivity index (χ0v) is 9.41. The molecule has 17 heavy (non-hydrogen) atoms. The Balaban J connectivity index is 2.71. The fourth-order valence-corrected chi connectivity index (χ4v) is 1.41. The number of carbonyl (C=O) groups is 1. The zero-order valence-electron chi connectivity index (χ0n) is 9.41. The van der Waals surface area contributed by atoms with Crippen LogP contribution in [0.1, 0.15) is 5.56 Å². The summed E-state index contributed by atoms with van der Waals surface area (Å²) >= 11 is 0. The number of rotatable bonds is 6. The molecule has 1 atom stereocenters. The molecule has 90 valence electrons. The summed E-state index contributed by atoms with van der Waals surface area (Å²) in [7, 11) is 1.57. The third kappa shape index (κ3) is 4.04. The fraction of sp³-hybridized carbons (Fsp3) is 0.364. The van der Waals surface area contributed by atoms with Crippen molar-refractivity contribution in [3.05, 3.63) is 40.3 Å². The van der Waals surface area contributed by atoms with Crippen LogP contribution in [0.2, 0.25) is 0 Å². The summed E-state index contributed by atoms with van der Waals surface area (Å²) in [4.78, 5) is 13.5. The van der Waals surface area contributed by atoms with Crippen LogP contribution < -0.4 is 4.74 Å². The molecule has 1 aromatic carbocycles. The Morgan fingerprint density at radius 3 is 2.65 bits per heavy atom. The number of carboxylic acids is 1. The Morgan fingerprint density at radius 2 is 2.18 bits per heavy atom. The quantitative estimate of drug-likeness (QED) is 0.465. The van der Waals surface area contributed by atoms with Crippen molar-refractivity contribution in [2.24, 2.45) is 11.0 Å². The third-order valence-electron chi connectivity index (χ3n) is 2.36. The largest absolute Gasteiger partial charge is 0.497 e. The minimum Gasteiger partial charge on any atom is -0.497 e. The Hall–Kier alpha value is -2.20. The molecule has 0 radical (unpaired) electrons. The molecule has 0 fully saturated rings. The van der Waals surface area contributed by atoms with Crippen molar-refractivity contribution < 1.29 is 14.6 Å². The van der Waals surface area contributed by atoms with Gasteiger partial charge < -0.3 is 9.84 Å². The van der Waals surface area contributed by atoms with Crippen LogP contribution in [0.4, 0.5) is 0 Å². The minimum absolute atomic E-state index is 0.0438. The smallest absolute Gasteiger partial charge is 0.306 e. The second kappa shape index (κ2) is 6.40. The molecule has 0 spiro atoms. The fourth-order valence-electron chi connectivity index (χ4n) is 1.41. The lowest BCUT2D eigenvalue weighted by molar-refractivity contribution is -0.141. The van der Waals surface area contributed by atoms with Gasteiger partial charge >= 0.3 is 5.97 Å². The Morgan fingerprint density at radius 1 is 1.53 bits per heavy atom. The van der Waals surface area contributed by atoms with Gasteiger partial charge in [-0.2, -0.15) is 0 Å².